The van der Waals surface area contributed by atoms with Gasteiger partial charge in [-0.3, -0.25) is 0 Å². The van der Waals surface area contributed by atoms with E-state index in [1.54, 1.807) is 6.07 Å². The summed E-state index contributed by atoms with van der Waals surface area (Å²) in [5, 5.41) is 0. The molecule has 0 amide bonds. The smallest absolute Gasteiger partial charge is 0.194 e. The molecular formula is C28H26F6O3. The molecule has 1 aliphatic rings. The van der Waals surface area contributed by atoms with E-state index in [4.69, 9.17) is 14.2 Å². The van der Waals surface area contributed by atoms with Crippen molar-refractivity contribution in [1.82, 2.24) is 0 Å². The van der Waals surface area contributed by atoms with Crippen molar-refractivity contribution in [2.45, 2.75) is 45.5 Å². The fraction of sp³-hybridized carbons (Fsp3) is 0.357. The predicted molar refractivity (Wildman–Crippen MR) is 125 cm³/mol. The maximum absolute atomic E-state index is 14.9. The summed E-state index contributed by atoms with van der Waals surface area (Å²) in [4.78, 5) is 0. The van der Waals surface area contributed by atoms with Gasteiger partial charge in [0.1, 0.15) is 12.4 Å². The first-order chi connectivity index (χ1) is 17.8. The molecule has 1 saturated heterocycles. The van der Waals surface area contributed by atoms with E-state index in [0.29, 0.717) is 36.8 Å². The third-order valence-electron chi connectivity index (χ3n) is 6.18. The van der Waals surface area contributed by atoms with E-state index >= 15 is 0 Å². The number of rotatable bonds is 9. The van der Waals surface area contributed by atoms with Crippen LogP contribution in [0.1, 0.15) is 50.0 Å². The van der Waals surface area contributed by atoms with Crippen LogP contribution in [0.5, 0.6) is 5.75 Å². The minimum absolute atomic E-state index is 0.0518. The van der Waals surface area contributed by atoms with Gasteiger partial charge in [0.2, 0.25) is 0 Å². The molecule has 3 aromatic carbocycles. The number of ether oxygens (including phenoxy) is 3. The van der Waals surface area contributed by atoms with Gasteiger partial charge in [0.15, 0.2) is 41.1 Å². The Hall–Kier alpha value is -3.04. The van der Waals surface area contributed by atoms with Crippen LogP contribution < -0.4 is 4.74 Å². The lowest BCUT2D eigenvalue weighted by Gasteiger charge is -2.29. The van der Waals surface area contributed by atoms with Crippen molar-refractivity contribution in [2.75, 3.05) is 13.2 Å². The van der Waals surface area contributed by atoms with Gasteiger partial charge in [-0.1, -0.05) is 38.3 Å². The molecule has 0 spiro atoms. The Morgan fingerprint density at radius 1 is 0.784 bits per heavy atom. The monoisotopic (exact) mass is 524 g/mol. The first-order valence-electron chi connectivity index (χ1n) is 12.0. The van der Waals surface area contributed by atoms with E-state index < -0.39 is 53.5 Å². The minimum Gasteiger partial charge on any atom is -0.483 e. The summed E-state index contributed by atoms with van der Waals surface area (Å²) in [6, 6.07) is 7.24. The van der Waals surface area contributed by atoms with Crippen molar-refractivity contribution in [1.29, 1.82) is 0 Å². The summed E-state index contributed by atoms with van der Waals surface area (Å²) in [7, 11) is 0. The second-order valence-corrected chi connectivity index (χ2v) is 9.03. The average molecular weight is 525 g/mol. The first kappa shape index (κ1) is 27.0. The number of halogens is 6. The zero-order valence-electron chi connectivity index (χ0n) is 20.1. The van der Waals surface area contributed by atoms with Gasteiger partial charge < -0.3 is 14.2 Å². The molecule has 1 fully saturated rings. The van der Waals surface area contributed by atoms with Crippen LogP contribution in [0.25, 0.3) is 11.1 Å². The highest BCUT2D eigenvalue weighted by atomic mass is 19.2. The molecule has 0 N–H and O–H groups in total. The summed E-state index contributed by atoms with van der Waals surface area (Å²) in [5.74, 6) is -8.10. The second-order valence-electron chi connectivity index (χ2n) is 9.03. The van der Waals surface area contributed by atoms with Crippen molar-refractivity contribution in [3.05, 3.63) is 88.5 Å². The third kappa shape index (κ3) is 6.45. The van der Waals surface area contributed by atoms with E-state index in [1.165, 1.54) is 12.1 Å². The van der Waals surface area contributed by atoms with Gasteiger partial charge in [0.25, 0.3) is 0 Å². The van der Waals surface area contributed by atoms with E-state index in [0.717, 1.165) is 37.8 Å². The maximum atomic E-state index is 14.9. The second kappa shape index (κ2) is 12.0. The largest absolute Gasteiger partial charge is 0.483 e. The van der Waals surface area contributed by atoms with Crippen molar-refractivity contribution < 1.29 is 40.6 Å². The number of unbranched alkanes of at least 4 members (excludes halogenated alkanes) is 2. The van der Waals surface area contributed by atoms with Crippen LogP contribution in [0.2, 0.25) is 0 Å². The maximum Gasteiger partial charge on any atom is 0.194 e. The Morgan fingerprint density at radius 3 is 2.03 bits per heavy atom. The molecule has 0 unspecified atom stereocenters. The van der Waals surface area contributed by atoms with Crippen LogP contribution >= 0.6 is 0 Å². The lowest BCUT2D eigenvalue weighted by molar-refractivity contribution is -0.206. The van der Waals surface area contributed by atoms with Gasteiger partial charge in [0, 0.05) is 17.0 Å². The average Bonchev–Trinajstić information content (AvgIpc) is 2.87. The molecular weight excluding hydrogens is 498 g/mol. The normalized spacial score (nSPS) is 17.7. The Labute approximate surface area is 211 Å². The van der Waals surface area contributed by atoms with E-state index in [-0.39, 0.29) is 16.7 Å². The zero-order valence-corrected chi connectivity index (χ0v) is 20.1. The van der Waals surface area contributed by atoms with Gasteiger partial charge >= 0.3 is 0 Å². The molecule has 0 radical (unpaired) electrons. The first-order valence-corrected chi connectivity index (χ1v) is 12.0. The quantitative estimate of drug-likeness (QED) is 0.161. The lowest BCUT2D eigenvalue weighted by Crippen LogP contribution is -2.27. The number of hydrogen-bond donors (Lipinski definition) is 0. The topological polar surface area (TPSA) is 27.7 Å². The zero-order chi connectivity index (χ0) is 26.5. The van der Waals surface area contributed by atoms with Crippen LogP contribution in [-0.2, 0) is 16.1 Å². The predicted octanol–water partition coefficient (Wildman–Crippen LogP) is 8.01. The summed E-state index contributed by atoms with van der Waals surface area (Å²) in [6.45, 7) is 2.53. The lowest BCUT2D eigenvalue weighted by atomic mass is 10.0. The highest BCUT2D eigenvalue weighted by Gasteiger charge is 2.25. The standard InChI is InChI=1S/C28H26F6O3/c1-2-3-4-5-16-13-36-28(37-14-16)18-6-7-20(21(29)10-18)19-11-24(32)27(25(33)12-19)35-15-17-8-22(30)26(34)23(31)9-17/h6-12,16,28H,2-5,13-15H2,1H3. The Morgan fingerprint density at radius 2 is 1.43 bits per heavy atom. The van der Waals surface area contributed by atoms with E-state index in [9.17, 15) is 26.3 Å². The van der Waals surface area contributed by atoms with Gasteiger partial charge in [-0.25, -0.2) is 26.3 Å². The molecule has 0 bridgehead atoms. The van der Waals surface area contributed by atoms with Gasteiger partial charge in [0.05, 0.1) is 13.2 Å². The fourth-order valence-electron chi connectivity index (χ4n) is 4.20. The number of hydrogen-bond acceptors (Lipinski definition) is 3. The molecule has 0 aromatic heterocycles. The molecule has 1 aliphatic heterocycles. The highest BCUT2D eigenvalue weighted by molar-refractivity contribution is 5.66. The summed E-state index contributed by atoms with van der Waals surface area (Å²) < 4.78 is 101. The molecule has 1 heterocycles. The van der Waals surface area contributed by atoms with Crippen molar-refractivity contribution >= 4 is 0 Å². The van der Waals surface area contributed by atoms with Crippen molar-refractivity contribution in [3.63, 3.8) is 0 Å². The SMILES string of the molecule is CCCCCC1COC(c2ccc(-c3cc(F)c(OCc4cc(F)c(F)c(F)c4)c(F)c3)c(F)c2)OC1. The number of benzene rings is 3. The van der Waals surface area contributed by atoms with Gasteiger partial charge in [-0.15, -0.1) is 0 Å². The molecule has 198 valence electrons. The third-order valence-corrected chi connectivity index (χ3v) is 6.18. The molecule has 3 nitrogen and oxygen atoms in total. The summed E-state index contributed by atoms with van der Waals surface area (Å²) >= 11 is 0. The van der Waals surface area contributed by atoms with Crippen LogP contribution in [0.3, 0.4) is 0 Å². The fourth-order valence-corrected chi connectivity index (χ4v) is 4.20. The molecule has 0 aliphatic carbocycles. The van der Waals surface area contributed by atoms with E-state index in [1.807, 2.05) is 0 Å². The van der Waals surface area contributed by atoms with Crippen LogP contribution in [-0.4, -0.2) is 13.2 Å². The van der Waals surface area contributed by atoms with Crippen LogP contribution in [0.15, 0.2) is 42.5 Å². The Balaban J connectivity index is 1.44. The molecule has 9 heteroatoms. The molecule has 4 rings (SSSR count). The van der Waals surface area contributed by atoms with Gasteiger partial charge in [-0.2, -0.15) is 0 Å². The van der Waals surface area contributed by atoms with Crippen LogP contribution in [0.4, 0.5) is 26.3 Å². The van der Waals surface area contributed by atoms with E-state index in [2.05, 4.69) is 6.92 Å². The molecule has 37 heavy (non-hydrogen) atoms. The van der Waals surface area contributed by atoms with Crippen LogP contribution in [0, 0.1) is 40.8 Å². The Kier molecular flexibility index (Phi) is 8.76. The minimum atomic E-state index is -1.66. The van der Waals surface area contributed by atoms with Crippen molar-refractivity contribution in [3.8, 4) is 16.9 Å². The Bertz CT molecular complexity index is 1190. The molecule has 0 atom stereocenters. The highest BCUT2D eigenvalue weighted by Crippen LogP contribution is 2.34. The summed E-state index contributed by atoms with van der Waals surface area (Å²) in [5.41, 5.74) is 0.157. The molecule has 3 aromatic rings. The van der Waals surface area contributed by atoms with Gasteiger partial charge in [-0.05, 0) is 47.9 Å². The summed E-state index contributed by atoms with van der Waals surface area (Å²) in [6.07, 6.45) is 3.65. The van der Waals surface area contributed by atoms with Crippen molar-refractivity contribution in [2.24, 2.45) is 5.92 Å². The molecule has 0 saturated carbocycles.